The van der Waals surface area contributed by atoms with Gasteiger partial charge in [0.05, 0.1) is 5.02 Å². The molecule has 6 heteroatoms. The number of likely N-dealkylation sites (tertiary alicyclic amines) is 1. The van der Waals surface area contributed by atoms with Gasteiger partial charge < -0.3 is 15.3 Å². The Hall–Kier alpha value is -1.49. The zero-order valence-electron chi connectivity index (χ0n) is 9.27. The Kier molecular flexibility index (Phi) is 3.68. The highest BCUT2D eigenvalue weighted by molar-refractivity contribution is 6.32. The lowest BCUT2D eigenvalue weighted by molar-refractivity contribution is 0.133. The van der Waals surface area contributed by atoms with Gasteiger partial charge >= 0.3 is 6.09 Å². The molecule has 1 aliphatic rings. The van der Waals surface area contributed by atoms with Crippen molar-refractivity contribution in [1.29, 1.82) is 0 Å². The number of aromatic nitrogens is 1. The number of rotatable bonds is 2. The third-order valence-corrected chi connectivity index (χ3v) is 3.10. The monoisotopic (exact) mass is 255 g/mol. The zero-order valence-corrected chi connectivity index (χ0v) is 10.0. The Labute approximate surface area is 104 Å². The molecule has 92 valence electrons. The van der Waals surface area contributed by atoms with E-state index in [-0.39, 0.29) is 6.04 Å². The topological polar surface area (TPSA) is 65.5 Å². The Morgan fingerprint density at radius 3 is 3.18 bits per heavy atom. The lowest BCUT2D eigenvalue weighted by atomic mass is 10.1. The molecule has 1 aliphatic heterocycles. The van der Waals surface area contributed by atoms with Crippen LogP contribution >= 0.6 is 11.6 Å². The van der Waals surface area contributed by atoms with Gasteiger partial charge in [-0.2, -0.15) is 0 Å². The maximum atomic E-state index is 10.9. The largest absolute Gasteiger partial charge is 0.465 e. The lowest BCUT2D eigenvalue weighted by Crippen LogP contribution is -2.44. The average Bonchev–Trinajstić information content (AvgIpc) is 2.32. The number of nitrogens with zero attached hydrogens (tertiary/aromatic N) is 2. The van der Waals surface area contributed by atoms with Crippen LogP contribution in [0.5, 0.6) is 0 Å². The van der Waals surface area contributed by atoms with Crippen molar-refractivity contribution in [3.8, 4) is 0 Å². The van der Waals surface area contributed by atoms with Gasteiger partial charge in [0.25, 0.3) is 0 Å². The first-order valence-corrected chi connectivity index (χ1v) is 5.89. The van der Waals surface area contributed by atoms with Crippen LogP contribution in [-0.2, 0) is 0 Å². The number of anilines is 1. The smallest absolute Gasteiger partial charge is 0.407 e. The highest BCUT2D eigenvalue weighted by Gasteiger charge is 2.23. The van der Waals surface area contributed by atoms with E-state index in [1.807, 2.05) is 0 Å². The molecule has 1 fully saturated rings. The number of carboxylic acid groups (broad SMARTS) is 1. The van der Waals surface area contributed by atoms with Crippen LogP contribution in [0.1, 0.15) is 12.8 Å². The molecule has 0 bridgehead atoms. The minimum absolute atomic E-state index is 0.0762. The van der Waals surface area contributed by atoms with Gasteiger partial charge in [0.15, 0.2) is 0 Å². The molecular formula is C11H14ClN3O2. The number of hydrogen-bond acceptors (Lipinski definition) is 3. The molecule has 2 N–H and O–H groups in total. The van der Waals surface area contributed by atoms with E-state index in [9.17, 15) is 4.79 Å². The summed E-state index contributed by atoms with van der Waals surface area (Å²) in [6.45, 7) is 1.08. The number of halogens is 1. The quantitative estimate of drug-likeness (QED) is 0.851. The molecule has 2 heterocycles. The van der Waals surface area contributed by atoms with Crippen molar-refractivity contribution in [3.63, 3.8) is 0 Å². The summed E-state index contributed by atoms with van der Waals surface area (Å²) in [7, 11) is 0. The van der Waals surface area contributed by atoms with Crippen molar-refractivity contribution in [3.05, 3.63) is 23.4 Å². The second-order valence-corrected chi connectivity index (χ2v) is 4.45. The average molecular weight is 256 g/mol. The summed E-state index contributed by atoms with van der Waals surface area (Å²) in [5, 5.41) is 12.7. The van der Waals surface area contributed by atoms with Gasteiger partial charge in [-0.25, -0.2) is 9.78 Å². The predicted octanol–water partition coefficient (Wildman–Crippen LogP) is 2.29. The van der Waals surface area contributed by atoms with E-state index < -0.39 is 6.09 Å². The van der Waals surface area contributed by atoms with Crippen molar-refractivity contribution in [2.24, 2.45) is 0 Å². The summed E-state index contributed by atoms with van der Waals surface area (Å²) in [6, 6.07) is 3.60. The molecule has 1 amide bonds. The number of amides is 1. The van der Waals surface area contributed by atoms with E-state index in [1.54, 1.807) is 18.3 Å². The number of carbonyl (C=O) groups is 1. The zero-order chi connectivity index (χ0) is 12.3. The van der Waals surface area contributed by atoms with Crippen molar-refractivity contribution in [1.82, 2.24) is 9.88 Å². The molecule has 2 rings (SSSR count). The maximum Gasteiger partial charge on any atom is 0.407 e. The third-order valence-electron chi connectivity index (χ3n) is 2.79. The van der Waals surface area contributed by atoms with Crippen LogP contribution in [0.3, 0.4) is 0 Å². The highest BCUT2D eigenvalue weighted by atomic mass is 35.5. The van der Waals surface area contributed by atoms with Crippen LogP contribution < -0.4 is 5.32 Å². The summed E-state index contributed by atoms with van der Waals surface area (Å²) < 4.78 is 0. The molecule has 17 heavy (non-hydrogen) atoms. The van der Waals surface area contributed by atoms with E-state index >= 15 is 0 Å². The molecule has 5 nitrogen and oxygen atoms in total. The fraction of sp³-hybridized carbons (Fsp3) is 0.455. The first kappa shape index (κ1) is 12.0. The standard InChI is InChI=1S/C11H14ClN3O2/c12-9-4-1-5-13-10(9)14-8-3-2-6-15(7-8)11(16)17/h1,4-5,8H,2-3,6-7H2,(H,13,14)(H,16,17). The number of hydrogen-bond donors (Lipinski definition) is 2. The summed E-state index contributed by atoms with van der Waals surface area (Å²) in [5.74, 6) is 0.617. The summed E-state index contributed by atoms with van der Waals surface area (Å²) in [5.41, 5.74) is 0. The third kappa shape index (κ3) is 3.00. The van der Waals surface area contributed by atoms with Gasteiger partial charge in [-0.15, -0.1) is 0 Å². The van der Waals surface area contributed by atoms with Crippen LogP contribution in [0.2, 0.25) is 5.02 Å². The molecule has 0 aromatic carbocycles. The predicted molar refractivity (Wildman–Crippen MR) is 65.5 cm³/mol. The van der Waals surface area contributed by atoms with Gasteiger partial charge in [-0.1, -0.05) is 11.6 Å². The van der Waals surface area contributed by atoms with Crippen molar-refractivity contribution >= 4 is 23.5 Å². The fourth-order valence-electron chi connectivity index (χ4n) is 1.95. The molecule has 1 saturated heterocycles. The number of piperidine rings is 1. The van der Waals surface area contributed by atoms with Crippen molar-refractivity contribution in [2.45, 2.75) is 18.9 Å². The molecule has 1 aromatic heterocycles. The molecule has 0 spiro atoms. The van der Waals surface area contributed by atoms with Crippen LogP contribution in [0.15, 0.2) is 18.3 Å². The number of nitrogens with one attached hydrogen (secondary N) is 1. The molecular weight excluding hydrogens is 242 g/mol. The van der Waals surface area contributed by atoms with Gasteiger partial charge in [0.2, 0.25) is 0 Å². The first-order chi connectivity index (χ1) is 8.16. The van der Waals surface area contributed by atoms with E-state index in [4.69, 9.17) is 16.7 Å². The van der Waals surface area contributed by atoms with Crippen LogP contribution in [0.25, 0.3) is 0 Å². The van der Waals surface area contributed by atoms with Crippen LogP contribution in [0.4, 0.5) is 10.6 Å². The van der Waals surface area contributed by atoms with Gasteiger partial charge in [-0.05, 0) is 25.0 Å². The van der Waals surface area contributed by atoms with E-state index in [1.165, 1.54) is 4.90 Å². The molecule has 0 radical (unpaired) electrons. The molecule has 1 atom stereocenters. The van der Waals surface area contributed by atoms with E-state index in [2.05, 4.69) is 10.3 Å². The Morgan fingerprint density at radius 2 is 2.47 bits per heavy atom. The Morgan fingerprint density at radius 1 is 1.65 bits per heavy atom. The van der Waals surface area contributed by atoms with Crippen molar-refractivity contribution in [2.75, 3.05) is 18.4 Å². The molecule has 1 unspecified atom stereocenters. The van der Waals surface area contributed by atoms with Crippen molar-refractivity contribution < 1.29 is 9.90 Å². The van der Waals surface area contributed by atoms with E-state index in [0.717, 1.165) is 12.8 Å². The maximum absolute atomic E-state index is 10.9. The van der Waals surface area contributed by atoms with Crippen LogP contribution in [-0.4, -0.2) is 40.2 Å². The SMILES string of the molecule is O=C(O)N1CCCC(Nc2ncccc2Cl)C1. The van der Waals surface area contributed by atoms with Gasteiger partial charge in [-0.3, -0.25) is 0 Å². The second-order valence-electron chi connectivity index (χ2n) is 4.05. The summed E-state index contributed by atoms with van der Waals surface area (Å²) in [4.78, 5) is 16.4. The number of pyridine rings is 1. The van der Waals surface area contributed by atoms with Gasteiger partial charge in [0, 0.05) is 25.3 Å². The molecule has 1 aromatic rings. The van der Waals surface area contributed by atoms with E-state index in [0.29, 0.717) is 23.9 Å². The lowest BCUT2D eigenvalue weighted by Gasteiger charge is -2.31. The first-order valence-electron chi connectivity index (χ1n) is 5.52. The summed E-state index contributed by atoms with van der Waals surface area (Å²) >= 11 is 5.99. The molecule has 0 saturated carbocycles. The minimum Gasteiger partial charge on any atom is -0.465 e. The second kappa shape index (κ2) is 5.23. The Bertz CT molecular complexity index is 413. The van der Waals surface area contributed by atoms with Gasteiger partial charge in [0.1, 0.15) is 5.82 Å². The Balaban J connectivity index is 1.99. The highest BCUT2D eigenvalue weighted by Crippen LogP contribution is 2.21. The molecule has 0 aliphatic carbocycles. The fourth-order valence-corrected chi connectivity index (χ4v) is 2.13. The summed E-state index contributed by atoms with van der Waals surface area (Å²) in [6.07, 6.45) is 2.57. The van der Waals surface area contributed by atoms with Crippen LogP contribution in [0, 0.1) is 0 Å². The minimum atomic E-state index is -0.872. The normalized spacial score (nSPS) is 20.1.